The Bertz CT molecular complexity index is 1260. The van der Waals surface area contributed by atoms with Crippen LogP contribution in [-0.2, 0) is 6.54 Å². The summed E-state index contributed by atoms with van der Waals surface area (Å²) < 4.78 is 2.18. The summed E-state index contributed by atoms with van der Waals surface area (Å²) in [5.74, 6) is 0.904. The normalized spacial score (nSPS) is 11.1. The molecule has 4 nitrogen and oxygen atoms in total. The van der Waals surface area contributed by atoms with E-state index in [-0.39, 0.29) is 0 Å². The van der Waals surface area contributed by atoms with Gasteiger partial charge in [-0.3, -0.25) is 0 Å². The van der Waals surface area contributed by atoms with Gasteiger partial charge in [0.2, 0.25) is 0 Å². The molecule has 0 fully saturated rings. The SMILES string of the molecule is Cc1ccc(-c2nc3c(-c4ccccc4)ncnc3n2Cc2ccccc2)cc1. The second-order valence-electron chi connectivity index (χ2n) is 7.13. The third-order valence-corrected chi connectivity index (χ3v) is 5.07. The molecule has 5 aromatic rings. The van der Waals surface area contributed by atoms with E-state index < -0.39 is 0 Å². The van der Waals surface area contributed by atoms with E-state index in [1.807, 2.05) is 24.3 Å². The molecule has 3 aromatic carbocycles. The van der Waals surface area contributed by atoms with E-state index in [0.29, 0.717) is 6.54 Å². The highest BCUT2D eigenvalue weighted by molar-refractivity contribution is 5.89. The standard InChI is InChI=1S/C25H20N4/c1-18-12-14-21(15-13-18)24-28-23-22(20-10-6-3-7-11-20)26-17-27-25(23)29(24)16-19-8-4-2-5-9-19/h2-15,17H,16H2,1H3. The predicted molar refractivity (Wildman–Crippen MR) is 116 cm³/mol. The molecule has 0 aliphatic carbocycles. The Morgan fingerprint density at radius 3 is 2.14 bits per heavy atom. The minimum Gasteiger partial charge on any atom is -0.304 e. The fourth-order valence-electron chi connectivity index (χ4n) is 3.58. The van der Waals surface area contributed by atoms with Gasteiger partial charge in [-0.25, -0.2) is 15.0 Å². The molecule has 140 valence electrons. The van der Waals surface area contributed by atoms with Crippen molar-refractivity contribution >= 4 is 11.2 Å². The molecule has 0 bridgehead atoms. The summed E-state index contributed by atoms with van der Waals surface area (Å²) >= 11 is 0. The van der Waals surface area contributed by atoms with Crippen LogP contribution >= 0.6 is 0 Å². The first-order chi connectivity index (χ1) is 14.3. The van der Waals surface area contributed by atoms with Gasteiger partial charge in [-0.1, -0.05) is 90.5 Å². The molecule has 0 atom stereocenters. The smallest absolute Gasteiger partial charge is 0.164 e. The van der Waals surface area contributed by atoms with Crippen LogP contribution in [0.1, 0.15) is 11.1 Å². The van der Waals surface area contributed by atoms with Gasteiger partial charge in [-0.2, -0.15) is 0 Å². The summed E-state index contributed by atoms with van der Waals surface area (Å²) in [6.07, 6.45) is 1.63. The number of hydrogen-bond donors (Lipinski definition) is 0. The number of fused-ring (bicyclic) bond motifs is 1. The lowest BCUT2D eigenvalue weighted by atomic mass is 10.1. The molecule has 0 spiro atoms. The second kappa shape index (κ2) is 7.32. The Morgan fingerprint density at radius 1 is 0.724 bits per heavy atom. The molecule has 0 amide bonds. The van der Waals surface area contributed by atoms with E-state index in [1.54, 1.807) is 6.33 Å². The summed E-state index contributed by atoms with van der Waals surface area (Å²) in [6, 6.07) is 29.0. The molecule has 2 heterocycles. The Balaban J connectivity index is 1.75. The first-order valence-electron chi connectivity index (χ1n) is 9.67. The molecule has 0 saturated carbocycles. The molecule has 0 unspecified atom stereocenters. The van der Waals surface area contributed by atoms with Crippen LogP contribution in [0.2, 0.25) is 0 Å². The van der Waals surface area contributed by atoms with Gasteiger partial charge in [0.05, 0.1) is 6.54 Å². The average molecular weight is 376 g/mol. The minimum atomic E-state index is 0.700. The Kier molecular flexibility index (Phi) is 4.37. The van der Waals surface area contributed by atoms with Crippen LogP contribution in [0, 0.1) is 6.92 Å². The topological polar surface area (TPSA) is 43.6 Å². The number of hydrogen-bond acceptors (Lipinski definition) is 3. The van der Waals surface area contributed by atoms with Crippen LogP contribution < -0.4 is 0 Å². The van der Waals surface area contributed by atoms with Crippen molar-refractivity contribution in [3.63, 3.8) is 0 Å². The molecule has 0 radical (unpaired) electrons. The van der Waals surface area contributed by atoms with Crippen molar-refractivity contribution in [3.05, 3.63) is 102 Å². The van der Waals surface area contributed by atoms with Gasteiger partial charge in [0.15, 0.2) is 5.65 Å². The van der Waals surface area contributed by atoms with Crippen LogP contribution in [0.25, 0.3) is 33.8 Å². The van der Waals surface area contributed by atoms with Crippen molar-refractivity contribution in [2.45, 2.75) is 13.5 Å². The molecule has 0 aliphatic rings. The van der Waals surface area contributed by atoms with Crippen molar-refractivity contribution in [2.75, 3.05) is 0 Å². The highest BCUT2D eigenvalue weighted by Gasteiger charge is 2.18. The van der Waals surface area contributed by atoms with Crippen molar-refractivity contribution in [1.29, 1.82) is 0 Å². The van der Waals surface area contributed by atoms with Crippen LogP contribution in [-0.4, -0.2) is 19.5 Å². The number of imidazole rings is 1. The molecule has 0 saturated heterocycles. The number of aryl methyl sites for hydroxylation is 1. The largest absolute Gasteiger partial charge is 0.304 e. The minimum absolute atomic E-state index is 0.700. The van der Waals surface area contributed by atoms with Crippen molar-refractivity contribution < 1.29 is 0 Å². The zero-order valence-electron chi connectivity index (χ0n) is 16.2. The maximum absolute atomic E-state index is 5.02. The monoisotopic (exact) mass is 376 g/mol. The summed E-state index contributed by atoms with van der Waals surface area (Å²) in [7, 11) is 0. The Morgan fingerprint density at radius 2 is 1.41 bits per heavy atom. The molecule has 0 N–H and O–H groups in total. The number of nitrogens with zero attached hydrogens (tertiary/aromatic N) is 4. The van der Waals surface area contributed by atoms with Crippen LogP contribution in [0.15, 0.2) is 91.3 Å². The van der Waals surface area contributed by atoms with Gasteiger partial charge in [0.25, 0.3) is 0 Å². The van der Waals surface area contributed by atoms with E-state index in [4.69, 9.17) is 4.98 Å². The summed E-state index contributed by atoms with van der Waals surface area (Å²) in [5.41, 5.74) is 7.08. The molecular formula is C25H20N4. The summed E-state index contributed by atoms with van der Waals surface area (Å²) in [6.45, 7) is 2.79. The third kappa shape index (κ3) is 3.29. The summed E-state index contributed by atoms with van der Waals surface area (Å²) in [4.78, 5) is 14.2. The first kappa shape index (κ1) is 17.3. The van der Waals surface area contributed by atoms with Gasteiger partial charge in [-0.15, -0.1) is 0 Å². The molecule has 29 heavy (non-hydrogen) atoms. The fraction of sp³-hybridized carbons (Fsp3) is 0.0800. The fourth-order valence-corrected chi connectivity index (χ4v) is 3.58. The Labute approximate surface area is 169 Å². The number of rotatable bonds is 4. The van der Waals surface area contributed by atoms with Crippen molar-refractivity contribution in [3.8, 4) is 22.6 Å². The van der Waals surface area contributed by atoms with E-state index in [1.165, 1.54) is 11.1 Å². The molecule has 4 heteroatoms. The van der Waals surface area contributed by atoms with Crippen molar-refractivity contribution in [2.24, 2.45) is 0 Å². The zero-order chi connectivity index (χ0) is 19.6. The van der Waals surface area contributed by atoms with E-state index in [2.05, 4.69) is 82.1 Å². The van der Waals surface area contributed by atoms with Gasteiger partial charge >= 0.3 is 0 Å². The predicted octanol–water partition coefficient (Wildman–Crippen LogP) is 5.52. The maximum atomic E-state index is 5.02. The highest BCUT2D eigenvalue weighted by atomic mass is 15.1. The third-order valence-electron chi connectivity index (χ3n) is 5.07. The van der Waals surface area contributed by atoms with E-state index >= 15 is 0 Å². The van der Waals surface area contributed by atoms with Crippen LogP contribution in [0.5, 0.6) is 0 Å². The number of aromatic nitrogens is 4. The lowest BCUT2D eigenvalue weighted by Gasteiger charge is -2.09. The average Bonchev–Trinajstić information content (AvgIpc) is 3.14. The molecular weight excluding hydrogens is 356 g/mol. The van der Waals surface area contributed by atoms with Gasteiger partial charge < -0.3 is 4.57 Å². The highest BCUT2D eigenvalue weighted by Crippen LogP contribution is 2.30. The summed E-state index contributed by atoms with van der Waals surface area (Å²) in [5, 5.41) is 0. The quantitative estimate of drug-likeness (QED) is 0.415. The molecule has 5 rings (SSSR count). The van der Waals surface area contributed by atoms with Crippen LogP contribution in [0.3, 0.4) is 0 Å². The van der Waals surface area contributed by atoms with Gasteiger partial charge in [0.1, 0.15) is 23.4 Å². The second-order valence-corrected chi connectivity index (χ2v) is 7.13. The van der Waals surface area contributed by atoms with Crippen LogP contribution in [0.4, 0.5) is 0 Å². The maximum Gasteiger partial charge on any atom is 0.164 e. The number of benzene rings is 3. The molecule has 2 aromatic heterocycles. The zero-order valence-corrected chi connectivity index (χ0v) is 16.2. The lowest BCUT2D eigenvalue weighted by Crippen LogP contribution is -2.03. The lowest BCUT2D eigenvalue weighted by molar-refractivity contribution is 0.822. The Hall–Kier alpha value is -3.79. The van der Waals surface area contributed by atoms with E-state index in [9.17, 15) is 0 Å². The van der Waals surface area contributed by atoms with Crippen molar-refractivity contribution in [1.82, 2.24) is 19.5 Å². The first-order valence-corrected chi connectivity index (χ1v) is 9.67. The van der Waals surface area contributed by atoms with Gasteiger partial charge in [-0.05, 0) is 12.5 Å². The van der Waals surface area contributed by atoms with Gasteiger partial charge in [0, 0.05) is 11.1 Å². The van der Waals surface area contributed by atoms with E-state index in [0.717, 1.165) is 33.8 Å². The molecule has 0 aliphatic heterocycles.